The number of nitrogens with zero attached hydrogens (tertiary/aromatic N) is 4. The van der Waals surface area contributed by atoms with Crippen molar-refractivity contribution in [3.05, 3.63) is 213 Å². The van der Waals surface area contributed by atoms with Crippen LogP contribution in [-0.2, 0) is 34.7 Å². The summed E-state index contributed by atoms with van der Waals surface area (Å²) in [4.78, 5) is 47.0. The van der Waals surface area contributed by atoms with Crippen LogP contribution in [0.25, 0.3) is 11.0 Å². The summed E-state index contributed by atoms with van der Waals surface area (Å²) >= 11 is 0. The van der Waals surface area contributed by atoms with Crippen molar-refractivity contribution in [2.45, 2.75) is 51.1 Å². The number of carboxylic acid groups (broad SMARTS) is 1. The van der Waals surface area contributed by atoms with E-state index in [2.05, 4.69) is 20.3 Å². The monoisotopic (exact) mass is 980 g/mol. The molecule has 2 atom stereocenters. The second-order valence-corrected chi connectivity index (χ2v) is 16.0. The Kier molecular flexibility index (Phi) is 16.4. The molecule has 368 valence electrons. The van der Waals surface area contributed by atoms with Gasteiger partial charge in [0.15, 0.2) is 0 Å². The molecule has 4 N–H and O–H groups in total. The van der Waals surface area contributed by atoms with E-state index in [0.29, 0.717) is 57.3 Å². The van der Waals surface area contributed by atoms with Gasteiger partial charge in [0, 0.05) is 18.4 Å². The summed E-state index contributed by atoms with van der Waals surface area (Å²) in [5.74, 6) is -2.21. The van der Waals surface area contributed by atoms with Crippen LogP contribution in [0.3, 0.4) is 0 Å². The van der Waals surface area contributed by atoms with Gasteiger partial charge >= 0.3 is 30.3 Å². The third kappa shape index (κ3) is 13.1. The smallest absolute Gasteiger partial charge is 0.416 e. The Labute approximate surface area is 402 Å². The van der Waals surface area contributed by atoms with Gasteiger partial charge in [-0.25, -0.2) is 23.4 Å². The molecule has 0 aliphatic carbocycles. The van der Waals surface area contributed by atoms with Gasteiger partial charge in [-0.3, -0.25) is 4.79 Å². The fourth-order valence-corrected chi connectivity index (χ4v) is 7.33. The first-order valence-electron chi connectivity index (χ1n) is 21.6. The van der Waals surface area contributed by atoms with Crippen LogP contribution >= 0.6 is 0 Å². The molecule has 4 aromatic heterocycles. The van der Waals surface area contributed by atoms with Crippen molar-refractivity contribution in [2.24, 2.45) is 5.73 Å². The number of benzene rings is 4. The summed E-state index contributed by atoms with van der Waals surface area (Å²) in [7, 11) is 2.67. The quantitative estimate of drug-likeness (QED) is 0.0834. The molecule has 4 heterocycles. The molecule has 71 heavy (non-hydrogen) atoms. The average molecular weight is 981 g/mol. The highest BCUT2D eigenvalue weighted by Crippen LogP contribution is 2.31. The standard InChI is InChI=1S/C26H22F3N3O3.C16H11F3N2O2.C10H13NO2/c1-16(18-7-9-19(10-8-18)25(34)35-2)31-24(33)22-15-30-32-13-3-4-20(23(22)32)14-17-5-11-21(12-6-17)26(27,28)29;17-16(18,19)12-5-3-10(4-6-12)8-11-2-1-7-21-14(11)13(9-20-21)15(22)23;1-7(11)8-3-5-9(6-4-8)10(12)13-2/h3-13,15-16H,14H2,1-2H3,(H,31,33);1-7,9H,8H2,(H,22,23);3-7H,11H2,1-2H3/t16-;;7-/m0.0/s1. The summed E-state index contributed by atoms with van der Waals surface area (Å²) in [5, 5.41) is 20.4. The average Bonchev–Trinajstić information content (AvgIpc) is 4.01. The molecule has 19 heteroatoms. The predicted molar refractivity (Wildman–Crippen MR) is 250 cm³/mol. The van der Waals surface area contributed by atoms with E-state index in [1.807, 2.05) is 32.0 Å². The Morgan fingerprint density at radius 1 is 0.606 bits per heavy atom. The molecular weight excluding hydrogens is 935 g/mol. The number of amides is 1. The number of carbonyl (C=O) groups is 4. The molecule has 0 unspecified atom stereocenters. The molecule has 0 bridgehead atoms. The topological polar surface area (TPSA) is 180 Å². The second-order valence-electron chi connectivity index (χ2n) is 16.0. The Bertz CT molecular complexity index is 3130. The number of carbonyl (C=O) groups excluding carboxylic acids is 3. The van der Waals surface area contributed by atoms with E-state index < -0.39 is 35.4 Å². The predicted octanol–water partition coefficient (Wildman–Crippen LogP) is 10.4. The van der Waals surface area contributed by atoms with Crippen LogP contribution in [0.4, 0.5) is 26.3 Å². The first-order chi connectivity index (χ1) is 33.7. The van der Waals surface area contributed by atoms with E-state index in [1.165, 1.54) is 55.4 Å². The van der Waals surface area contributed by atoms with E-state index in [-0.39, 0.29) is 29.5 Å². The minimum Gasteiger partial charge on any atom is -0.478 e. The SMILES string of the molecule is COC(=O)c1ccc([C@H](C)N)cc1.COC(=O)c1ccc([C@H](C)NC(=O)c2cnn3cccc(Cc4ccc(C(F)(F)F)cc4)c23)cc1.O=C(O)c1cnn2cccc(Cc3ccc(C(F)(F)F)cc3)c12. The van der Waals surface area contributed by atoms with Gasteiger partial charge in [-0.2, -0.15) is 36.5 Å². The zero-order valence-corrected chi connectivity index (χ0v) is 38.5. The van der Waals surface area contributed by atoms with Crippen molar-refractivity contribution in [2.75, 3.05) is 14.2 Å². The molecule has 8 aromatic rings. The molecule has 0 radical (unpaired) electrons. The number of nitrogens with two attached hydrogens (primary N) is 1. The molecule has 0 aliphatic rings. The summed E-state index contributed by atoms with van der Waals surface area (Å²) in [5.41, 5.74) is 11.2. The van der Waals surface area contributed by atoms with Crippen molar-refractivity contribution in [1.29, 1.82) is 0 Å². The number of halogens is 6. The Hall–Kier alpha value is -8.32. The Balaban J connectivity index is 0.000000195. The van der Waals surface area contributed by atoms with Crippen LogP contribution < -0.4 is 11.1 Å². The van der Waals surface area contributed by atoms with Crippen molar-refractivity contribution >= 4 is 34.8 Å². The van der Waals surface area contributed by atoms with Gasteiger partial charge in [0.1, 0.15) is 5.56 Å². The summed E-state index contributed by atoms with van der Waals surface area (Å²) in [6.07, 6.45) is -2.07. The van der Waals surface area contributed by atoms with Crippen LogP contribution in [0.1, 0.15) is 112 Å². The number of methoxy groups -OCH3 is 2. The highest BCUT2D eigenvalue weighted by atomic mass is 19.4. The zero-order chi connectivity index (χ0) is 51.6. The third-order valence-corrected chi connectivity index (χ3v) is 11.1. The first kappa shape index (κ1) is 52.1. The lowest BCUT2D eigenvalue weighted by atomic mass is 10.0. The molecule has 13 nitrogen and oxygen atoms in total. The zero-order valence-electron chi connectivity index (χ0n) is 38.5. The molecule has 8 rings (SSSR count). The Morgan fingerprint density at radius 2 is 1.00 bits per heavy atom. The molecule has 1 amide bonds. The lowest BCUT2D eigenvalue weighted by molar-refractivity contribution is -0.138. The minimum absolute atomic E-state index is 0.00769. The second kappa shape index (κ2) is 22.4. The van der Waals surface area contributed by atoms with Gasteiger partial charge in [-0.05, 0) is 121 Å². The number of nitrogens with one attached hydrogen (secondary N) is 1. The van der Waals surface area contributed by atoms with Gasteiger partial charge < -0.3 is 25.6 Å². The largest absolute Gasteiger partial charge is 0.478 e. The van der Waals surface area contributed by atoms with Crippen LogP contribution in [0.15, 0.2) is 146 Å². The Morgan fingerprint density at radius 3 is 1.38 bits per heavy atom. The molecule has 0 saturated heterocycles. The maximum absolute atomic E-state index is 13.1. The molecule has 0 spiro atoms. The van der Waals surface area contributed by atoms with Crippen LogP contribution in [0.5, 0.6) is 0 Å². The van der Waals surface area contributed by atoms with Crippen molar-refractivity contribution in [3.63, 3.8) is 0 Å². The van der Waals surface area contributed by atoms with E-state index in [4.69, 9.17) is 10.5 Å². The highest BCUT2D eigenvalue weighted by Gasteiger charge is 2.31. The van der Waals surface area contributed by atoms with Gasteiger partial charge in [0.25, 0.3) is 5.91 Å². The van der Waals surface area contributed by atoms with E-state index in [1.54, 1.807) is 71.5 Å². The number of ether oxygens (including phenoxy) is 2. The fourth-order valence-electron chi connectivity index (χ4n) is 7.33. The van der Waals surface area contributed by atoms with E-state index in [0.717, 1.165) is 41.0 Å². The number of esters is 2. The lowest BCUT2D eigenvalue weighted by Crippen LogP contribution is -2.26. The van der Waals surface area contributed by atoms with Gasteiger partial charge in [-0.15, -0.1) is 0 Å². The number of carboxylic acids is 1. The van der Waals surface area contributed by atoms with Gasteiger partial charge in [0.05, 0.1) is 71.5 Å². The fraction of sp³-hybridized carbons (Fsp3) is 0.192. The molecule has 0 aliphatic heterocycles. The van der Waals surface area contributed by atoms with Crippen molar-refractivity contribution < 1.29 is 60.1 Å². The normalized spacial score (nSPS) is 12.2. The number of aromatic carboxylic acids is 1. The van der Waals surface area contributed by atoms with Gasteiger partial charge in [0.2, 0.25) is 0 Å². The number of aromatic nitrogens is 4. The van der Waals surface area contributed by atoms with Crippen LogP contribution in [0, 0.1) is 0 Å². The van der Waals surface area contributed by atoms with E-state index in [9.17, 15) is 50.6 Å². The molecule has 0 fully saturated rings. The molecule has 0 saturated carbocycles. The van der Waals surface area contributed by atoms with Crippen molar-refractivity contribution in [3.8, 4) is 0 Å². The highest BCUT2D eigenvalue weighted by molar-refractivity contribution is 6.01. The third-order valence-electron chi connectivity index (χ3n) is 11.1. The maximum atomic E-state index is 13.1. The number of hydrogen-bond acceptors (Lipinski definition) is 9. The first-order valence-corrected chi connectivity index (χ1v) is 21.6. The molecular formula is C52H46F6N6O7. The minimum atomic E-state index is -4.40. The van der Waals surface area contributed by atoms with E-state index >= 15 is 0 Å². The molecule has 4 aromatic carbocycles. The maximum Gasteiger partial charge on any atom is 0.416 e. The summed E-state index contributed by atoms with van der Waals surface area (Å²) in [6, 6.07) is 30.3. The number of hydrogen-bond donors (Lipinski definition) is 3. The summed E-state index contributed by atoms with van der Waals surface area (Å²) in [6.45, 7) is 3.72. The number of alkyl halides is 6. The number of pyridine rings is 2. The van der Waals surface area contributed by atoms with Crippen LogP contribution in [0.2, 0.25) is 0 Å². The van der Waals surface area contributed by atoms with Gasteiger partial charge in [-0.1, -0.05) is 60.7 Å². The summed E-state index contributed by atoms with van der Waals surface area (Å²) < 4.78 is 88.6. The van der Waals surface area contributed by atoms with Crippen molar-refractivity contribution in [1.82, 2.24) is 24.5 Å². The number of rotatable bonds is 11. The number of fused-ring (bicyclic) bond motifs is 2. The van der Waals surface area contributed by atoms with Crippen LogP contribution in [-0.4, -0.2) is 62.4 Å². The lowest BCUT2D eigenvalue weighted by Gasteiger charge is -2.15.